The van der Waals surface area contributed by atoms with E-state index in [2.05, 4.69) is 0 Å². The molecule has 122 valence electrons. The maximum absolute atomic E-state index is 12.5. The molecule has 0 saturated carbocycles. The van der Waals surface area contributed by atoms with Crippen LogP contribution in [0.25, 0.3) is 0 Å². The van der Waals surface area contributed by atoms with Crippen molar-refractivity contribution in [3.63, 3.8) is 0 Å². The number of rotatable bonds is 2. The van der Waals surface area contributed by atoms with Gasteiger partial charge in [-0.1, -0.05) is 0 Å². The Morgan fingerprint density at radius 3 is 2.50 bits per heavy atom. The highest BCUT2D eigenvalue weighted by atomic mass is 19.4. The third-order valence-electron chi connectivity index (χ3n) is 4.71. The predicted octanol–water partition coefficient (Wildman–Crippen LogP) is 0.966. The van der Waals surface area contributed by atoms with Gasteiger partial charge in [-0.3, -0.25) is 9.59 Å². The number of halogens is 3. The molecule has 0 aromatic carbocycles. The summed E-state index contributed by atoms with van der Waals surface area (Å²) in [5, 5.41) is 0. The summed E-state index contributed by atoms with van der Waals surface area (Å²) in [6.45, 7) is 0.633. The highest BCUT2D eigenvalue weighted by molar-refractivity contribution is 6.10. The van der Waals surface area contributed by atoms with E-state index < -0.39 is 42.1 Å². The van der Waals surface area contributed by atoms with Gasteiger partial charge in [-0.05, 0) is 26.2 Å². The average Bonchev–Trinajstić information content (AvgIpc) is 2.99. The first-order chi connectivity index (χ1) is 10.1. The second kappa shape index (κ2) is 4.60. The van der Waals surface area contributed by atoms with E-state index in [4.69, 9.17) is 0 Å². The summed E-state index contributed by atoms with van der Waals surface area (Å²) in [5.41, 5.74) is -0.950. The van der Waals surface area contributed by atoms with Crippen LogP contribution in [0.4, 0.5) is 18.0 Å². The molecule has 3 heterocycles. The van der Waals surface area contributed by atoms with Crippen molar-refractivity contribution < 1.29 is 27.6 Å². The fourth-order valence-corrected chi connectivity index (χ4v) is 3.58. The first-order valence-electron chi connectivity index (χ1n) is 7.16. The number of imide groups is 1. The first kappa shape index (κ1) is 15.1. The number of nitrogens with zero attached hydrogens (tertiary/aromatic N) is 3. The van der Waals surface area contributed by atoms with Gasteiger partial charge in [0.05, 0.1) is 0 Å². The van der Waals surface area contributed by atoms with Gasteiger partial charge in [0.1, 0.15) is 18.1 Å². The molecule has 2 atom stereocenters. The molecule has 4 amide bonds. The average molecular weight is 319 g/mol. The first-order valence-corrected chi connectivity index (χ1v) is 7.16. The summed E-state index contributed by atoms with van der Waals surface area (Å²) in [4.78, 5) is 40.0. The Morgan fingerprint density at radius 1 is 1.23 bits per heavy atom. The van der Waals surface area contributed by atoms with Gasteiger partial charge in [0.2, 0.25) is 5.91 Å². The summed E-state index contributed by atoms with van der Waals surface area (Å²) in [6, 6.07) is -1.66. The van der Waals surface area contributed by atoms with Crippen molar-refractivity contribution in [2.75, 3.05) is 19.6 Å². The Labute approximate surface area is 124 Å². The van der Waals surface area contributed by atoms with E-state index in [0.29, 0.717) is 24.3 Å². The summed E-state index contributed by atoms with van der Waals surface area (Å²) in [5.74, 6) is -1.27. The molecule has 9 heteroatoms. The quantitative estimate of drug-likeness (QED) is 0.713. The minimum absolute atomic E-state index is 0.0519. The number of alkyl halides is 3. The molecular formula is C13H16F3N3O3. The lowest BCUT2D eigenvalue weighted by molar-refractivity contribution is -0.159. The summed E-state index contributed by atoms with van der Waals surface area (Å²) in [7, 11) is 0. The molecular weight excluding hydrogens is 303 g/mol. The standard InChI is InChI=1S/C13H16F3N3O3/c1-12-4-2-5-18(12)11(22)19(10(12)21)8-3-6-17(9(8)20)7-13(14,15)16/h8H,2-7H2,1H3/t8-,12-/m1/s1. The van der Waals surface area contributed by atoms with E-state index in [1.165, 1.54) is 4.90 Å². The molecule has 22 heavy (non-hydrogen) atoms. The highest BCUT2D eigenvalue weighted by Gasteiger charge is 2.60. The topological polar surface area (TPSA) is 60.9 Å². The smallest absolute Gasteiger partial charge is 0.332 e. The number of fused-ring (bicyclic) bond motifs is 1. The summed E-state index contributed by atoms with van der Waals surface area (Å²) >= 11 is 0. The SMILES string of the molecule is C[C@]12CCCN1C(=O)N([C@@H]1CCN(CC(F)(F)F)C1=O)C2=O. The molecule has 3 aliphatic rings. The normalized spacial score (nSPS) is 32.5. The molecule has 0 N–H and O–H groups in total. The van der Waals surface area contributed by atoms with Crippen LogP contribution in [-0.4, -0.2) is 69.9 Å². The van der Waals surface area contributed by atoms with Crippen LogP contribution in [0.2, 0.25) is 0 Å². The molecule has 0 unspecified atom stereocenters. The van der Waals surface area contributed by atoms with Crippen LogP contribution < -0.4 is 0 Å². The van der Waals surface area contributed by atoms with E-state index in [-0.39, 0.29) is 13.0 Å². The molecule has 3 rings (SSSR count). The van der Waals surface area contributed by atoms with E-state index in [0.717, 1.165) is 4.90 Å². The van der Waals surface area contributed by atoms with Crippen LogP contribution in [0.1, 0.15) is 26.2 Å². The molecule has 0 radical (unpaired) electrons. The van der Waals surface area contributed by atoms with Gasteiger partial charge in [0.25, 0.3) is 5.91 Å². The fraction of sp³-hybridized carbons (Fsp3) is 0.769. The molecule has 0 spiro atoms. The lowest BCUT2D eigenvalue weighted by Gasteiger charge is -2.23. The van der Waals surface area contributed by atoms with E-state index >= 15 is 0 Å². The van der Waals surface area contributed by atoms with Gasteiger partial charge < -0.3 is 9.80 Å². The second-order valence-corrected chi connectivity index (χ2v) is 6.17. The molecule has 0 aliphatic carbocycles. The van der Waals surface area contributed by atoms with Crippen LogP contribution in [-0.2, 0) is 9.59 Å². The van der Waals surface area contributed by atoms with Gasteiger partial charge in [0, 0.05) is 13.1 Å². The Kier molecular flexibility index (Phi) is 3.16. The molecule has 3 saturated heterocycles. The Hall–Kier alpha value is -1.80. The van der Waals surface area contributed by atoms with Crippen LogP contribution in [0.3, 0.4) is 0 Å². The maximum atomic E-state index is 12.5. The van der Waals surface area contributed by atoms with Gasteiger partial charge in [0.15, 0.2) is 0 Å². The number of likely N-dealkylation sites (tertiary alicyclic amines) is 1. The van der Waals surface area contributed by atoms with Crippen molar-refractivity contribution in [3.8, 4) is 0 Å². The minimum Gasteiger partial charge on any atom is -0.332 e. The molecule has 6 nitrogen and oxygen atoms in total. The molecule has 3 fully saturated rings. The van der Waals surface area contributed by atoms with E-state index in [1.807, 2.05) is 0 Å². The fourth-order valence-electron chi connectivity index (χ4n) is 3.58. The van der Waals surface area contributed by atoms with Crippen molar-refractivity contribution in [2.24, 2.45) is 0 Å². The van der Waals surface area contributed by atoms with Gasteiger partial charge >= 0.3 is 12.2 Å². The Bertz CT molecular complexity index is 550. The number of carbonyl (C=O) groups excluding carboxylic acids is 3. The van der Waals surface area contributed by atoms with Crippen molar-refractivity contribution in [3.05, 3.63) is 0 Å². The van der Waals surface area contributed by atoms with Crippen LogP contribution in [0, 0.1) is 0 Å². The van der Waals surface area contributed by atoms with E-state index in [9.17, 15) is 27.6 Å². The van der Waals surface area contributed by atoms with Crippen molar-refractivity contribution in [1.82, 2.24) is 14.7 Å². The third-order valence-corrected chi connectivity index (χ3v) is 4.71. The zero-order valence-electron chi connectivity index (χ0n) is 12.0. The van der Waals surface area contributed by atoms with Crippen molar-refractivity contribution >= 4 is 17.8 Å². The second-order valence-electron chi connectivity index (χ2n) is 6.17. The maximum Gasteiger partial charge on any atom is 0.406 e. The minimum atomic E-state index is -4.49. The number of urea groups is 1. The number of carbonyl (C=O) groups is 3. The molecule has 0 aromatic heterocycles. The van der Waals surface area contributed by atoms with E-state index in [1.54, 1.807) is 6.92 Å². The predicted molar refractivity (Wildman–Crippen MR) is 67.6 cm³/mol. The van der Waals surface area contributed by atoms with Crippen LogP contribution >= 0.6 is 0 Å². The molecule has 3 aliphatic heterocycles. The van der Waals surface area contributed by atoms with Gasteiger partial charge in [-0.25, -0.2) is 9.69 Å². The summed E-state index contributed by atoms with van der Waals surface area (Å²) < 4.78 is 37.3. The van der Waals surface area contributed by atoms with Gasteiger partial charge in [-0.2, -0.15) is 13.2 Å². The van der Waals surface area contributed by atoms with Crippen LogP contribution in [0.5, 0.6) is 0 Å². The van der Waals surface area contributed by atoms with Crippen LogP contribution in [0.15, 0.2) is 0 Å². The lowest BCUT2D eigenvalue weighted by atomic mass is 9.99. The third kappa shape index (κ3) is 2.05. The zero-order valence-corrected chi connectivity index (χ0v) is 12.0. The highest BCUT2D eigenvalue weighted by Crippen LogP contribution is 2.39. The molecule has 0 bridgehead atoms. The number of hydrogen-bond acceptors (Lipinski definition) is 3. The van der Waals surface area contributed by atoms with Crippen molar-refractivity contribution in [1.29, 1.82) is 0 Å². The van der Waals surface area contributed by atoms with Crippen molar-refractivity contribution in [2.45, 2.75) is 43.9 Å². The Morgan fingerprint density at radius 2 is 1.91 bits per heavy atom. The number of amides is 4. The lowest BCUT2D eigenvalue weighted by Crippen LogP contribution is -2.48. The zero-order chi connectivity index (χ0) is 16.3. The summed E-state index contributed by atoms with van der Waals surface area (Å²) in [6.07, 6.45) is -3.21. The van der Waals surface area contributed by atoms with Gasteiger partial charge in [-0.15, -0.1) is 0 Å². The molecule has 0 aromatic rings. The Balaban J connectivity index is 1.80. The number of hydrogen-bond donors (Lipinski definition) is 0. The monoisotopic (exact) mass is 319 g/mol. The largest absolute Gasteiger partial charge is 0.406 e.